The largest absolute Gasteiger partial charge is 0.478 e. The number of hydrogen-bond acceptors (Lipinski definition) is 6. The highest BCUT2D eigenvalue weighted by Gasteiger charge is 2.12. The Kier molecular flexibility index (Phi) is 3.51. The molecule has 17 heavy (non-hydrogen) atoms. The highest BCUT2D eigenvalue weighted by molar-refractivity contribution is 5.88. The van der Waals surface area contributed by atoms with Crippen molar-refractivity contribution in [3.8, 4) is 0 Å². The molecule has 0 saturated carbocycles. The Morgan fingerprint density at radius 1 is 1.53 bits per heavy atom. The molecule has 7 heteroatoms. The van der Waals surface area contributed by atoms with Crippen LogP contribution in [-0.4, -0.2) is 27.8 Å². The zero-order valence-electron chi connectivity index (χ0n) is 8.92. The van der Waals surface area contributed by atoms with E-state index in [1.54, 1.807) is 0 Å². The number of nitrogens with zero attached hydrogens (tertiary/aromatic N) is 2. The highest BCUT2D eigenvalue weighted by atomic mass is 16.5. The van der Waals surface area contributed by atoms with Crippen LogP contribution < -0.4 is 5.32 Å². The van der Waals surface area contributed by atoms with Crippen LogP contribution in [0.15, 0.2) is 27.6 Å². The summed E-state index contributed by atoms with van der Waals surface area (Å²) in [7, 11) is 0. The van der Waals surface area contributed by atoms with E-state index < -0.39 is 5.97 Å². The van der Waals surface area contributed by atoms with E-state index in [2.05, 4.69) is 15.5 Å². The zero-order chi connectivity index (χ0) is 12.1. The average molecular weight is 237 g/mol. The van der Waals surface area contributed by atoms with Gasteiger partial charge in [0.1, 0.15) is 11.3 Å². The molecule has 0 aromatic carbocycles. The van der Waals surface area contributed by atoms with Crippen LogP contribution in [0.2, 0.25) is 0 Å². The zero-order valence-corrected chi connectivity index (χ0v) is 8.92. The normalized spacial score (nSPS) is 10.6. The molecule has 0 spiro atoms. The van der Waals surface area contributed by atoms with E-state index in [1.165, 1.54) is 18.7 Å². The van der Waals surface area contributed by atoms with Crippen molar-refractivity contribution in [1.82, 2.24) is 15.5 Å². The van der Waals surface area contributed by atoms with E-state index in [4.69, 9.17) is 14.0 Å². The molecule has 0 unspecified atom stereocenters. The summed E-state index contributed by atoms with van der Waals surface area (Å²) in [6.07, 6.45) is 3.28. The second kappa shape index (κ2) is 5.26. The molecule has 0 aliphatic carbocycles. The van der Waals surface area contributed by atoms with Crippen molar-refractivity contribution in [2.24, 2.45) is 0 Å². The Morgan fingerprint density at radius 2 is 2.41 bits per heavy atom. The van der Waals surface area contributed by atoms with Gasteiger partial charge >= 0.3 is 5.97 Å². The van der Waals surface area contributed by atoms with E-state index in [0.717, 1.165) is 0 Å². The number of carboxylic acids is 1. The second-order valence-corrected chi connectivity index (χ2v) is 3.32. The number of rotatable bonds is 6. The maximum Gasteiger partial charge on any atom is 0.339 e. The number of carboxylic acid groups (broad SMARTS) is 1. The highest BCUT2D eigenvalue weighted by Crippen LogP contribution is 2.09. The molecule has 2 N–H and O–H groups in total. The van der Waals surface area contributed by atoms with Gasteiger partial charge in [0.2, 0.25) is 5.89 Å². The topological polar surface area (TPSA) is 101 Å². The summed E-state index contributed by atoms with van der Waals surface area (Å²) < 4.78 is 9.88. The lowest BCUT2D eigenvalue weighted by Crippen LogP contribution is -2.17. The molecule has 0 fully saturated rings. The van der Waals surface area contributed by atoms with Gasteiger partial charge in [-0.2, -0.15) is 4.98 Å². The number of carbonyl (C=O) groups is 1. The van der Waals surface area contributed by atoms with Crippen molar-refractivity contribution in [2.45, 2.75) is 13.0 Å². The minimum absolute atomic E-state index is 0.176. The molecule has 2 aromatic heterocycles. The molecule has 0 amide bonds. The number of nitrogens with one attached hydrogen (secondary N) is 1. The summed E-state index contributed by atoms with van der Waals surface area (Å²) in [5.74, 6) is -0.0501. The fraction of sp³-hybridized carbons (Fsp3) is 0.300. The van der Waals surface area contributed by atoms with Gasteiger partial charge in [-0.05, 0) is 6.07 Å². The first kappa shape index (κ1) is 11.3. The van der Waals surface area contributed by atoms with Crippen molar-refractivity contribution in [3.05, 3.63) is 35.9 Å². The molecule has 2 aromatic rings. The standard InChI is InChI=1S/C10H11N3O4/c14-10(15)7-2-4-16-8(7)5-11-3-1-9-12-6-13-17-9/h2,4,6,11H,1,3,5H2,(H,14,15). The number of furan rings is 1. The predicted octanol–water partition coefficient (Wildman–Crippen LogP) is 0.693. The molecular formula is C10H11N3O4. The minimum Gasteiger partial charge on any atom is -0.478 e. The molecule has 0 aliphatic heterocycles. The van der Waals surface area contributed by atoms with Crippen molar-refractivity contribution in [2.75, 3.05) is 6.54 Å². The lowest BCUT2D eigenvalue weighted by Gasteiger charge is -2.01. The van der Waals surface area contributed by atoms with Crippen LogP contribution in [0.25, 0.3) is 0 Å². The van der Waals surface area contributed by atoms with E-state index in [-0.39, 0.29) is 5.56 Å². The van der Waals surface area contributed by atoms with Crippen LogP contribution in [0.1, 0.15) is 22.0 Å². The van der Waals surface area contributed by atoms with Gasteiger partial charge in [-0.25, -0.2) is 4.79 Å². The third kappa shape index (κ3) is 2.91. The van der Waals surface area contributed by atoms with Crippen molar-refractivity contribution in [1.29, 1.82) is 0 Å². The Balaban J connectivity index is 1.78. The third-order valence-electron chi connectivity index (χ3n) is 2.18. The molecule has 7 nitrogen and oxygen atoms in total. The van der Waals surface area contributed by atoms with Crippen LogP contribution in [0.4, 0.5) is 0 Å². The Labute approximate surface area is 96.4 Å². The number of aromatic nitrogens is 2. The first-order valence-electron chi connectivity index (χ1n) is 5.03. The fourth-order valence-electron chi connectivity index (χ4n) is 1.37. The van der Waals surface area contributed by atoms with Gasteiger partial charge in [0, 0.05) is 13.0 Å². The molecule has 0 saturated heterocycles. The average Bonchev–Trinajstić information content (AvgIpc) is 2.95. The second-order valence-electron chi connectivity index (χ2n) is 3.32. The summed E-state index contributed by atoms with van der Waals surface area (Å²) in [6, 6.07) is 1.43. The Morgan fingerprint density at radius 3 is 3.12 bits per heavy atom. The van der Waals surface area contributed by atoms with E-state index >= 15 is 0 Å². The number of hydrogen-bond donors (Lipinski definition) is 2. The first-order chi connectivity index (χ1) is 8.27. The van der Waals surface area contributed by atoms with Gasteiger partial charge in [-0.3, -0.25) is 0 Å². The van der Waals surface area contributed by atoms with Crippen LogP contribution in [-0.2, 0) is 13.0 Å². The maximum atomic E-state index is 10.8. The molecular weight excluding hydrogens is 226 g/mol. The summed E-state index contributed by atoms with van der Waals surface area (Å²) in [5.41, 5.74) is 0.176. The quantitative estimate of drug-likeness (QED) is 0.712. The molecule has 2 heterocycles. The van der Waals surface area contributed by atoms with Gasteiger partial charge in [0.05, 0.1) is 12.8 Å². The Bertz CT molecular complexity index is 477. The fourth-order valence-corrected chi connectivity index (χ4v) is 1.37. The summed E-state index contributed by atoms with van der Waals surface area (Å²) in [4.78, 5) is 14.6. The predicted molar refractivity (Wildman–Crippen MR) is 55.4 cm³/mol. The third-order valence-corrected chi connectivity index (χ3v) is 2.18. The first-order valence-corrected chi connectivity index (χ1v) is 5.03. The summed E-state index contributed by atoms with van der Waals surface area (Å²) in [5, 5.41) is 15.4. The monoisotopic (exact) mass is 237 g/mol. The van der Waals surface area contributed by atoms with Gasteiger partial charge in [-0.1, -0.05) is 5.16 Å². The van der Waals surface area contributed by atoms with Gasteiger partial charge in [-0.15, -0.1) is 0 Å². The lowest BCUT2D eigenvalue weighted by atomic mass is 10.2. The lowest BCUT2D eigenvalue weighted by molar-refractivity contribution is 0.0694. The SMILES string of the molecule is O=C(O)c1ccoc1CNCCc1ncno1. The van der Waals surface area contributed by atoms with Gasteiger partial charge in [0.25, 0.3) is 0 Å². The van der Waals surface area contributed by atoms with Gasteiger partial charge in [0.15, 0.2) is 6.33 Å². The number of aromatic carboxylic acids is 1. The maximum absolute atomic E-state index is 10.8. The molecule has 2 rings (SSSR count). The Hall–Kier alpha value is -2.15. The van der Waals surface area contributed by atoms with Gasteiger partial charge < -0.3 is 19.4 Å². The minimum atomic E-state index is -0.993. The molecule has 0 aliphatic rings. The molecule has 0 radical (unpaired) electrons. The van der Waals surface area contributed by atoms with Crippen LogP contribution in [0.3, 0.4) is 0 Å². The van der Waals surface area contributed by atoms with Crippen molar-refractivity contribution in [3.63, 3.8) is 0 Å². The van der Waals surface area contributed by atoms with Crippen LogP contribution in [0.5, 0.6) is 0 Å². The van der Waals surface area contributed by atoms with Crippen LogP contribution >= 0.6 is 0 Å². The van der Waals surface area contributed by atoms with Crippen molar-refractivity contribution >= 4 is 5.97 Å². The summed E-state index contributed by atoms with van der Waals surface area (Å²) >= 11 is 0. The summed E-state index contributed by atoms with van der Waals surface area (Å²) in [6.45, 7) is 0.949. The van der Waals surface area contributed by atoms with E-state index in [0.29, 0.717) is 31.2 Å². The van der Waals surface area contributed by atoms with Crippen LogP contribution in [0, 0.1) is 0 Å². The molecule has 90 valence electrons. The van der Waals surface area contributed by atoms with E-state index in [1.807, 2.05) is 0 Å². The smallest absolute Gasteiger partial charge is 0.339 e. The van der Waals surface area contributed by atoms with Crippen molar-refractivity contribution < 1.29 is 18.8 Å². The molecule has 0 bridgehead atoms. The molecule has 0 atom stereocenters. The van der Waals surface area contributed by atoms with E-state index in [9.17, 15) is 4.79 Å².